The summed E-state index contributed by atoms with van der Waals surface area (Å²) in [5, 5.41) is 0. The Bertz CT molecular complexity index is 312. The molecule has 0 amide bonds. The van der Waals surface area contributed by atoms with Crippen LogP contribution < -0.4 is 5.73 Å². The minimum atomic E-state index is 0.386. The van der Waals surface area contributed by atoms with E-state index in [2.05, 4.69) is 33.8 Å². The molecular weight excluding hydrogens is 202 g/mol. The van der Waals surface area contributed by atoms with Gasteiger partial charge in [0, 0.05) is 9.75 Å². The monoisotopic (exact) mass is 225 g/mol. The van der Waals surface area contributed by atoms with Gasteiger partial charge in [-0.1, -0.05) is 13.8 Å². The highest BCUT2D eigenvalue weighted by molar-refractivity contribution is 7.12. The first-order valence-electron chi connectivity index (χ1n) is 5.70. The quantitative estimate of drug-likeness (QED) is 0.813. The SMILES string of the molecule is Cc1cc(CCC(C)(C)CCN)c(C)s1. The van der Waals surface area contributed by atoms with Crippen LogP contribution in [0.15, 0.2) is 6.07 Å². The van der Waals surface area contributed by atoms with Crippen molar-refractivity contribution in [3.05, 3.63) is 21.4 Å². The van der Waals surface area contributed by atoms with Crippen molar-refractivity contribution < 1.29 is 0 Å². The third kappa shape index (κ3) is 3.96. The molecule has 86 valence electrons. The Labute approximate surface area is 97.7 Å². The Morgan fingerprint density at radius 1 is 1.27 bits per heavy atom. The van der Waals surface area contributed by atoms with Gasteiger partial charge in [-0.15, -0.1) is 11.3 Å². The van der Waals surface area contributed by atoms with Crippen LogP contribution in [0.25, 0.3) is 0 Å². The van der Waals surface area contributed by atoms with Crippen LogP contribution in [0.2, 0.25) is 0 Å². The summed E-state index contributed by atoms with van der Waals surface area (Å²) in [6.45, 7) is 9.84. The van der Waals surface area contributed by atoms with Crippen molar-refractivity contribution in [2.75, 3.05) is 6.54 Å². The number of nitrogens with two attached hydrogens (primary N) is 1. The van der Waals surface area contributed by atoms with Gasteiger partial charge in [-0.2, -0.15) is 0 Å². The molecule has 0 aromatic carbocycles. The van der Waals surface area contributed by atoms with Crippen molar-refractivity contribution in [3.63, 3.8) is 0 Å². The summed E-state index contributed by atoms with van der Waals surface area (Å²) in [5.41, 5.74) is 7.54. The van der Waals surface area contributed by atoms with Crippen molar-refractivity contribution in [1.82, 2.24) is 0 Å². The lowest BCUT2D eigenvalue weighted by Gasteiger charge is -2.23. The van der Waals surface area contributed by atoms with Crippen LogP contribution in [0, 0.1) is 19.3 Å². The van der Waals surface area contributed by atoms with Crippen molar-refractivity contribution in [3.8, 4) is 0 Å². The van der Waals surface area contributed by atoms with E-state index in [0.717, 1.165) is 13.0 Å². The first kappa shape index (κ1) is 12.7. The molecule has 15 heavy (non-hydrogen) atoms. The summed E-state index contributed by atoms with van der Waals surface area (Å²) in [7, 11) is 0. The van der Waals surface area contributed by atoms with Crippen molar-refractivity contribution in [1.29, 1.82) is 0 Å². The van der Waals surface area contributed by atoms with E-state index in [1.807, 2.05) is 11.3 Å². The minimum Gasteiger partial charge on any atom is -0.330 e. The van der Waals surface area contributed by atoms with Gasteiger partial charge < -0.3 is 5.73 Å². The van der Waals surface area contributed by atoms with Crippen molar-refractivity contribution >= 4 is 11.3 Å². The molecule has 0 unspecified atom stereocenters. The summed E-state index contributed by atoms with van der Waals surface area (Å²) in [6, 6.07) is 2.33. The zero-order valence-corrected chi connectivity index (χ0v) is 11.2. The van der Waals surface area contributed by atoms with E-state index < -0.39 is 0 Å². The lowest BCUT2D eigenvalue weighted by Crippen LogP contribution is -2.17. The standard InChI is InChI=1S/C13H23NS/c1-10-9-12(11(2)15-10)5-6-13(3,4)7-8-14/h9H,5-8,14H2,1-4H3. The topological polar surface area (TPSA) is 26.0 Å². The number of aryl methyl sites for hydroxylation is 3. The predicted molar refractivity (Wildman–Crippen MR) is 69.6 cm³/mol. The maximum absolute atomic E-state index is 5.62. The van der Waals surface area contributed by atoms with Crippen LogP contribution >= 0.6 is 11.3 Å². The summed E-state index contributed by atoms with van der Waals surface area (Å²) in [5.74, 6) is 0. The zero-order valence-electron chi connectivity index (χ0n) is 10.4. The molecule has 0 fully saturated rings. The van der Waals surface area contributed by atoms with Crippen LogP contribution in [-0.4, -0.2) is 6.54 Å². The van der Waals surface area contributed by atoms with Gasteiger partial charge in [0.2, 0.25) is 0 Å². The van der Waals surface area contributed by atoms with E-state index in [0.29, 0.717) is 5.41 Å². The average molecular weight is 225 g/mol. The van der Waals surface area contributed by atoms with Crippen LogP contribution in [0.1, 0.15) is 42.0 Å². The lowest BCUT2D eigenvalue weighted by atomic mass is 9.83. The van der Waals surface area contributed by atoms with Crippen LogP contribution in [0.5, 0.6) is 0 Å². The molecule has 0 bridgehead atoms. The van der Waals surface area contributed by atoms with Gasteiger partial charge in [0.1, 0.15) is 0 Å². The van der Waals surface area contributed by atoms with Gasteiger partial charge in [-0.25, -0.2) is 0 Å². The molecule has 1 heterocycles. The predicted octanol–water partition coefficient (Wildman–Crippen LogP) is 3.67. The Balaban J connectivity index is 2.53. The van der Waals surface area contributed by atoms with Gasteiger partial charge in [0.25, 0.3) is 0 Å². The van der Waals surface area contributed by atoms with Crippen LogP contribution in [-0.2, 0) is 6.42 Å². The fraction of sp³-hybridized carbons (Fsp3) is 0.692. The molecule has 0 radical (unpaired) electrons. The van der Waals surface area contributed by atoms with Gasteiger partial charge in [0.05, 0.1) is 0 Å². The molecule has 0 aliphatic heterocycles. The Hall–Kier alpha value is -0.340. The molecule has 2 heteroatoms. The van der Waals surface area contributed by atoms with E-state index in [4.69, 9.17) is 5.73 Å². The summed E-state index contributed by atoms with van der Waals surface area (Å²) in [6.07, 6.45) is 3.56. The molecule has 0 aliphatic rings. The Morgan fingerprint density at radius 2 is 1.93 bits per heavy atom. The van der Waals surface area contributed by atoms with Crippen molar-refractivity contribution in [2.24, 2.45) is 11.1 Å². The Morgan fingerprint density at radius 3 is 2.40 bits per heavy atom. The second kappa shape index (κ2) is 5.13. The van der Waals surface area contributed by atoms with Gasteiger partial charge in [-0.05, 0) is 56.7 Å². The highest BCUT2D eigenvalue weighted by Crippen LogP contribution is 2.29. The van der Waals surface area contributed by atoms with Crippen molar-refractivity contribution in [2.45, 2.75) is 47.0 Å². The fourth-order valence-corrected chi connectivity index (χ4v) is 2.90. The van der Waals surface area contributed by atoms with E-state index in [1.165, 1.54) is 28.2 Å². The van der Waals surface area contributed by atoms with E-state index in [1.54, 1.807) is 0 Å². The smallest absolute Gasteiger partial charge is 0.00490 e. The molecule has 2 N–H and O–H groups in total. The summed E-state index contributed by atoms with van der Waals surface area (Å²) in [4.78, 5) is 2.91. The van der Waals surface area contributed by atoms with Gasteiger partial charge in [-0.3, -0.25) is 0 Å². The first-order chi connectivity index (χ1) is 6.94. The molecule has 0 aliphatic carbocycles. The normalized spacial score (nSPS) is 12.1. The molecule has 0 spiro atoms. The van der Waals surface area contributed by atoms with Gasteiger partial charge >= 0.3 is 0 Å². The maximum atomic E-state index is 5.62. The lowest BCUT2D eigenvalue weighted by molar-refractivity contribution is 0.313. The summed E-state index contributed by atoms with van der Waals surface area (Å²) >= 11 is 1.91. The van der Waals surface area contributed by atoms with E-state index in [9.17, 15) is 0 Å². The van der Waals surface area contributed by atoms with Crippen LogP contribution in [0.4, 0.5) is 0 Å². The second-order valence-corrected chi connectivity index (χ2v) is 6.60. The van der Waals surface area contributed by atoms with E-state index >= 15 is 0 Å². The maximum Gasteiger partial charge on any atom is 0.00490 e. The minimum absolute atomic E-state index is 0.386. The number of hydrogen-bond acceptors (Lipinski definition) is 2. The molecule has 0 saturated carbocycles. The third-order valence-corrected chi connectivity index (χ3v) is 4.04. The molecule has 1 aromatic rings. The zero-order chi connectivity index (χ0) is 11.5. The molecule has 0 atom stereocenters. The molecule has 1 nitrogen and oxygen atoms in total. The number of hydrogen-bond donors (Lipinski definition) is 1. The number of thiophene rings is 1. The number of rotatable bonds is 5. The molecule has 1 rings (SSSR count). The van der Waals surface area contributed by atoms with Gasteiger partial charge in [0.15, 0.2) is 0 Å². The molecule has 0 saturated heterocycles. The Kier molecular flexibility index (Phi) is 4.35. The molecular formula is C13H23NS. The molecule has 1 aromatic heterocycles. The van der Waals surface area contributed by atoms with E-state index in [-0.39, 0.29) is 0 Å². The average Bonchev–Trinajstić information content (AvgIpc) is 2.42. The first-order valence-corrected chi connectivity index (χ1v) is 6.52. The van der Waals surface area contributed by atoms with Crippen LogP contribution in [0.3, 0.4) is 0 Å². The second-order valence-electron chi connectivity index (χ2n) is 5.14. The largest absolute Gasteiger partial charge is 0.330 e. The summed E-state index contributed by atoms with van der Waals surface area (Å²) < 4.78 is 0. The highest BCUT2D eigenvalue weighted by atomic mass is 32.1. The highest BCUT2D eigenvalue weighted by Gasteiger charge is 2.17. The third-order valence-electron chi connectivity index (χ3n) is 3.04. The fourth-order valence-electron chi connectivity index (χ4n) is 1.92.